The first-order valence-electron chi connectivity index (χ1n) is 9.63. The van der Waals surface area contributed by atoms with Crippen LogP contribution in [0.2, 0.25) is 0 Å². The topological polar surface area (TPSA) is 63.2 Å². The van der Waals surface area contributed by atoms with Crippen molar-refractivity contribution in [2.75, 3.05) is 6.26 Å². The molecule has 28 heavy (non-hydrogen) atoms. The zero-order valence-electron chi connectivity index (χ0n) is 16.6. The maximum absolute atomic E-state index is 12.7. The van der Waals surface area contributed by atoms with Gasteiger partial charge < -0.3 is 5.32 Å². The highest BCUT2D eigenvalue weighted by Crippen LogP contribution is 2.30. The first-order valence-corrected chi connectivity index (χ1v) is 12.4. The van der Waals surface area contributed by atoms with Crippen LogP contribution in [0.4, 0.5) is 0 Å². The number of rotatable bonds is 6. The van der Waals surface area contributed by atoms with Crippen LogP contribution in [-0.4, -0.2) is 25.8 Å². The molecule has 4 nitrogen and oxygen atoms in total. The number of aryl methyl sites for hydroxylation is 2. The fraction of sp³-hybridized carbons (Fsp3) is 0.409. The molecule has 0 spiro atoms. The summed E-state index contributed by atoms with van der Waals surface area (Å²) in [5.74, 6) is -0.0986. The molecule has 6 heteroatoms. The number of carbonyl (C=O) groups is 1. The molecular formula is C22H27NO3S2. The van der Waals surface area contributed by atoms with Crippen molar-refractivity contribution in [2.45, 2.75) is 60.6 Å². The lowest BCUT2D eigenvalue weighted by atomic mass is 9.89. The molecule has 0 saturated carbocycles. The van der Waals surface area contributed by atoms with E-state index in [1.165, 1.54) is 42.0 Å². The van der Waals surface area contributed by atoms with Gasteiger partial charge in [0.2, 0.25) is 5.91 Å². The van der Waals surface area contributed by atoms with Crippen LogP contribution < -0.4 is 5.32 Å². The second-order valence-electron chi connectivity index (χ2n) is 7.44. The van der Waals surface area contributed by atoms with Crippen LogP contribution in [0.15, 0.2) is 52.3 Å². The monoisotopic (exact) mass is 417 g/mol. The Hall–Kier alpha value is -1.79. The molecule has 0 heterocycles. The summed E-state index contributed by atoms with van der Waals surface area (Å²) in [5, 5.41) is 2.67. The highest BCUT2D eigenvalue weighted by Gasteiger charge is 2.21. The maximum atomic E-state index is 12.7. The van der Waals surface area contributed by atoms with Gasteiger partial charge in [-0.25, -0.2) is 8.42 Å². The largest absolute Gasteiger partial charge is 0.349 e. The number of amides is 1. The number of sulfone groups is 1. The molecule has 1 aliphatic rings. The zero-order chi connectivity index (χ0) is 20.3. The van der Waals surface area contributed by atoms with Crippen LogP contribution in [0.5, 0.6) is 0 Å². The summed E-state index contributed by atoms with van der Waals surface area (Å²) >= 11 is 1.27. The number of carbonyl (C=O) groups excluding carboxylic acids is 1. The van der Waals surface area contributed by atoms with Gasteiger partial charge in [0.15, 0.2) is 9.84 Å². The lowest BCUT2D eigenvalue weighted by Crippen LogP contribution is -2.33. The third-order valence-corrected chi connectivity index (χ3v) is 7.61. The summed E-state index contributed by atoms with van der Waals surface area (Å²) in [7, 11) is -3.33. The molecular weight excluding hydrogens is 390 g/mol. The lowest BCUT2D eigenvalue weighted by Gasteiger charge is -2.21. The maximum Gasteiger partial charge on any atom is 0.233 e. The lowest BCUT2D eigenvalue weighted by molar-refractivity contribution is -0.120. The first kappa shape index (κ1) is 20.9. The molecule has 0 bridgehead atoms. The molecule has 0 aromatic heterocycles. The summed E-state index contributed by atoms with van der Waals surface area (Å²) in [6, 6.07) is 13.2. The Morgan fingerprint density at radius 2 is 1.71 bits per heavy atom. The quantitative estimate of drug-likeness (QED) is 0.711. The molecule has 2 aromatic rings. The van der Waals surface area contributed by atoms with Gasteiger partial charge in [-0.15, -0.1) is 11.8 Å². The Morgan fingerprint density at radius 3 is 2.43 bits per heavy atom. The van der Waals surface area contributed by atoms with Crippen LogP contribution in [0.25, 0.3) is 0 Å². The van der Waals surface area contributed by atoms with E-state index in [1.54, 1.807) is 31.2 Å². The standard InChI is InChI=1S/C22H27NO3S2/c1-15(18-13-12-17-8-4-5-9-19(17)14-18)23-22(24)16(2)27-20-10-6-7-11-21(20)28(3,25)26/h6-7,10-16H,4-5,8-9H2,1-3H3,(H,23,24). The highest BCUT2D eigenvalue weighted by molar-refractivity contribution is 8.01. The average molecular weight is 418 g/mol. The van der Waals surface area contributed by atoms with Crippen LogP contribution in [0, 0.1) is 0 Å². The van der Waals surface area contributed by atoms with Crippen molar-refractivity contribution in [3.8, 4) is 0 Å². The molecule has 1 N–H and O–H groups in total. The predicted molar refractivity (Wildman–Crippen MR) is 115 cm³/mol. The Bertz CT molecular complexity index is 969. The Labute approximate surface area is 172 Å². The van der Waals surface area contributed by atoms with Gasteiger partial charge in [0.05, 0.1) is 16.2 Å². The average Bonchev–Trinajstić information content (AvgIpc) is 2.67. The molecule has 2 aromatic carbocycles. The Balaban J connectivity index is 1.68. The number of fused-ring (bicyclic) bond motifs is 1. The Morgan fingerprint density at radius 1 is 1.04 bits per heavy atom. The molecule has 150 valence electrons. The Kier molecular flexibility index (Phi) is 6.50. The minimum absolute atomic E-state index is 0.0899. The summed E-state index contributed by atoms with van der Waals surface area (Å²) < 4.78 is 23.9. The SMILES string of the molecule is CC(Sc1ccccc1S(C)(=O)=O)C(=O)NC(C)c1ccc2c(c1)CCCC2. The second-order valence-corrected chi connectivity index (χ2v) is 10.8. The van der Waals surface area contributed by atoms with Crippen molar-refractivity contribution in [1.29, 1.82) is 0 Å². The molecule has 0 aliphatic heterocycles. The van der Waals surface area contributed by atoms with Crippen molar-refractivity contribution < 1.29 is 13.2 Å². The van der Waals surface area contributed by atoms with Crippen molar-refractivity contribution in [3.05, 3.63) is 59.2 Å². The highest BCUT2D eigenvalue weighted by atomic mass is 32.2. The van der Waals surface area contributed by atoms with Crippen LogP contribution >= 0.6 is 11.8 Å². The van der Waals surface area contributed by atoms with Gasteiger partial charge in [0.1, 0.15) is 0 Å². The number of thioether (sulfide) groups is 1. The number of nitrogens with one attached hydrogen (secondary N) is 1. The van der Waals surface area contributed by atoms with Gasteiger partial charge in [0.25, 0.3) is 0 Å². The third-order valence-electron chi connectivity index (χ3n) is 5.15. The van der Waals surface area contributed by atoms with Crippen LogP contribution in [0.1, 0.15) is 49.4 Å². The molecule has 0 fully saturated rings. The number of hydrogen-bond acceptors (Lipinski definition) is 4. The van der Waals surface area contributed by atoms with Crippen molar-refractivity contribution in [1.82, 2.24) is 5.32 Å². The fourth-order valence-corrected chi connectivity index (χ4v) is 5.79. The molecule has 2 atom stereocenters. The minimum atomic E-state index is -3.33. The van der Waals surface area contributed by atoms with Gasteiger partial charge in [-0.2, -0.15) is 0 Å². The van der Waals surface area contributed by atoms with Crippen molar-refractivity contribution in [2.24, 2.45) is 0 Å². The van der Waals surface area contributed by atoms with E-state index in [2.05, 4.69) is 23.5 Å². The molecule has 0 saturated heterocycles. The summed E-state index contributed by atoms with van der Waals surface area (Å²) in [6.07, 6.45) is 5.92. The van der Waals surface area contributed by atoms with E-state index in [4.69, 9.17) is 0 Å². The van der Waals surface area contributed by atoms with E-state index in [9.17, 15) is 13.2 Å². The fourth-order valence-electron chi connectivity index (χ4n) is 3.53. The predicted octanol–water partition coefficient (Wildman–Crippen LogP) is 4.33. The minimum Gasteiger partial charge on any atom is -0.349 e. The van der Waals surface area contributed by atoms with Crippen molar-refractivity contribution in [3.63, 3.8) is 0 Å². The second kappa shape index (κ2) is 8.70. The molecule has 0 radical (unpaired) electrons. The molecule has 1 aliphatic carbocycles. The van der Waals surface area contributed by atoms with E-state index in [-0.39, 0.29) is 16.8 Å². The summed E-state index contributed by atoms with van der Waals surface area (Å²) in [5.41, 5.74) is 3.94. The van der Waals surface area contributed by atoms with Gasteiger partial charge in [-0.05, 0) is 68.4 Å². The number of benzene rings is 2. The van der Waals surface area contributed by atoms with E-state index in [0.29, 0.717) is 4.90 Å². The summed E-state index contributed by atoms with van der Waals surface area (Å²) in [6.45, 7) is 3.79. The van der Waals surface area contributed by atoms with Gasteiger partial charge in [-0.3, -0.25) is 4.79 Å². The van der Waals surface area contributed by atoms with E-state index >= 15 is 0 Å². The van der Waals surface area contributed by atoms with E-state index < -0.39 is 15.1 Å². The van der Waals surface area contributed by atoms with E-state index in [0.717, 1.165) is 18.4 Å². The number of hydrogen-bond donors (Lipinski definition) is 1. The smallest absolute Gasteiger partial charge is 0.233 e. The van der Waals surface area contributed by atoms with Crippen LogP contribution in [-0.2, 0) is 27.5 Å². The normalized spacial score (nSPS) is 16.1. The zero-order valence-corrected chi connectivity index (χ0v) is 18.2. The molecule has 3 rings (SSSR count). The van der Waals surface area contributed by atoms with Crippen molar-refractivity contribution >= 4 is 27.5 Å². The molecule has 2 unspecified atom stereocenters. The molecule has 1 amide bonds. The third kappa shape index (κ3) is 4.97. The van der Waals surface area contributed by atoms with Crippen LogP contribution in [0.3, 0.4) is 0 Å². The van der Waals surface area contributed by atoms with Gasteiger partial charge >= 0.3 is 0 Å². The summed E-state index contributed by atoms with van der Waals surface area (Å²) in [4.78, 5) is 13.6. The van der Waals surface area contributed by atoms with Gasteiger partial charge in [-0.1, -0.05) is 30.3 Å². The first-order chi connectivity index (χ1) is 13.3. The van der Waals surface area contributed by atoms with Gasteiger partial charge in [0, 0.05) is 11.2 Å². The van der Waals surface area contributed by atoms with E-state index in [1.807, 2.05) is 6.92 Å².